The van der Waals surface area contributed by atoms with Gasteiger partial charge in [0.15, 0.2) is 13.2 Å². The molecular formula is C91H96N8O8S2. The number of thiophene rings is 2. The monoisotopic (exact) mass is 1490 g/mol. The van der Waals surface area contributed by atoms with Crippen molar-refractivity contribution in [3.8, 4) is 55.4 Å². The largest absolute Gasteiger partial charge is 0.484 e. The van der Waals surface area contributed by atoms with Crippen LogP contribution in [0.2, 0.25) is 0 Å². The first kappa shape index (κ1) is 73.7. The van der Waals surface area contributed by atoms with E-state index in [0.717, 1.165) is 139 Å². The molecule has 15 rings (SSSR count). The first-order chi connectivity index (χ1) is 53.1. The van der Waals surface area contributed by atoms with Crippen LogP contribution in [0.3, 0.4) is 0 Å². The Bertz CT molecular complexity index is 4700. The van der Waals surface area contributed by atoms with Crippen LogP contribution in [-0.2, 0) is 20.7 Å². The van der Waals surface area contributed by atoms with Crippen LogP contribution < -0.4 is 49.2 Å². The van der Waals surface area contributed by atoms with Gasteiger partial charge in [0.1, 0.15) is 45.6 Å². The summed E-state index contributed by atoms with van der Waals surface area (Å²) in [7, 11) is 0. The van der Waals surface area contributed by atoms with Gasteiger partial charge in [0, 0.05) is 178 Å². The number of carbonyl (C=O) groups excluding carboxylic acids is 4. The maximum Gasteiger partial charge on any atom is 0.258 e. The topological polar surface area (TPSA) is 149 Å². The summed E-state index contributed by atoms with van der Waals surface area (Å²) in [6, 6.07) is 61.8. The van der Waals surface area contributed by atoms with Gasteiger partial charge in [0.25, 0.3) is 23.6 Å². The van der Waals surface area contributed by atoms with E-state index in [1.807, 2.05) is 70.5 Å². The number of anilines is 4. The van der Waals surface area contributed by atoms with Crippen LogP contribution in [0.4, 0.5) is 22.7 Å². The van der Waals surface area contributed by atoms with Gasteiger partial charge in [0.05, 0.1) is 0 Å². The van der Waals surface area contributed by atoms with Gasteiger partial charge in [-0.1, -0.05) is 60.7 Å². The van der Waals surface area contributed by atoms with Crippen LogP contribution in [0.25, 0.3) is 32.0 Å². The highest BCUT2D eigenvalue weighted by atomic mass is 32.1. The predicted octanol–water partition coefficient (Wildman–Crippen LogP) is 18.3. The highest BCUT2D eigenvalue weighted by Gasteiger charge is 2.58. The summed E-state index contributed by atoms with van der Waals surface area (Å²) in [5.74, 6) is 3.21. The zero-order valence-corrected chi connectivity index (χ0v) is 65.7. The molecule has 8 aromatic carbocycles. The van der Waals surface area contributed by atoms with E-state index in [1.54, 1.807) is 22.7 Å². The number of rotatable bonds is 28. The second kappa shape index (κ2) is 31.0. The molecule has 2 spiro atoms. The number of aryl methyl sites for hydroxylation is 2. The van der Waals surface area contributed by atoms with Gasteiger partial charge in [-0.2, -0.15) is 0 Å². The van der Waals surface area contributed by atoms with Crippen LogP contribution in [-0.4, -0.2) is 125 Å². The van der Waals surface area contributed by atoms with Crippen molar-refractivity contribution in [3.05, 3.63) is 247 Å². The van der Waals surface area contributed by atoms with Crippen LogP contribution in [0.5, 0.6) is 34.5 Å². The molecule has 0 fully saturated rings. The van der Waals surface area contributed by atoms with Crippen LogP contribution in [0.1, 0.15) is 150 Å². The van der Waals surface area contributed by atoms with Gasteiger partial charge in [-0.3, -0.25) is 19.2 Å². The molecule has 6 heterocycles. The Kier molecular flexibility index (Phi) is 21.0. The van der Waals surface area contributed by atoms with Gasteiger partial charge in [0.2, 0.25) is 0 Å². The summed E-state index contributed by atoms with van der Waals surface area (Å²) in [4.78, 5) is 75.0. The zero-order chi connectivity index (χ0) is 75.8. The Labute approximate surface area is 648 Å². The first-order valence-corrected chi connectivity index (χ1v) is 40.5. The summed E-state index contributed by atoms with van der Waals surface area (Å²) in [6.45, 7) is 28.8. The number of amides is 4. The van der Waals surface area contributed by atoms with Gasteiger partial charge < -0.3 is 59.0 Å². The molecule has 0 radical (unpaired) electrons. The lowest BCUT2D eigenvalue weighted by atomic mass is 9.74. The smallest absolute Gasteiger partial charge is 0.258 e. The minimum atomic E-state index is -1.01. The normalized spacial score (nSPS) is 14.5. The lowest BCUT2D eigenvalue weighted by Gasteiger charge is -2.45. The fourth-order valence-corrected chi connectivity index (χ4v) is 19.5. The molecule has 16 nitrogen and oxygen atoms in total. The second-order valence-electron chi connectivity index (χ2n) is 28.3. The van der Waals surface area contributed by atoms with Crippen molar-refractivity contribution >= 4 is 80.2 Å². The van der Waals surface area contributed by atoms with E-state index in [2.05, 4.69) is 221 Å². The number of ether oxygens (including phenoxy) is 4. The molecule has 0 bridgehead atoms. The van der Waals surface area contributed by atoms with E-state index in [-0.39, 0.29) is 63.0 Å². The first-order valence-electron chi connectivity index (χ1n) is 38.8. The van der Waals surface area contributed by atoms with Crippen LogP contribution in [0, 0.1) is 13.8 Å². The Morgan fingerprint density at radius 3 is 1.06 bits per heavy atom. The van der Waals surface area contributed by atoms with E-state index < -0.39 is 11.1 Å². The number of benzene rings is 8. The molecule has 18 heteroatoms. The molecule has 0 saturated heterocycles. The SMILES string of the molecule is CCN(CC)c1ccc2c(c1)Oc1cc(N(CC)CC)ccc1C21c2ccccc2C(=O)N1CCNC(=O)COc1ccc(-c2cc(C3=C(c4cc(-c5ccc(OCC(=O)NCCN6C(=O)c7ccccc7C67c6ccc(N(CC)CC)cc6Oc6cc(N(CC)CC)ccc67)cc5)sc4C)CCC3)c(C)s2)cc1. The van der Waals surface area contributed by atoms with Crippen LogP contribution >= 0.6 is 22.7 Å². The molecular weight excluding hydrogens is 1400 g/mol. The van der Waals surface area contributed by atoms with Crippen LogP contribution in [0.15, 0.2) is 182 Å². The average Bonchev–Trinajstić information content (AvgIpc) is 1.57. The van der Waals surface area contributed by atoms with E-state index >= 15 is 0 Å². The summed E-state index contributed by atoms with van der Waals surface area (Å²) in [5, 5.41) is 6.17. The third kappa shape index (κ3) is 13.1. The molecule has 4 aliphatic heterocycles. The Morgan fingerprint density at radius 2 is 0.734 bits per heavy atom. The number of allylic oxidation sites excluding steroid dienone is 2. The van der Waals surface area contributed by atoms with Gasteiger partial charge in [-0.15, -0.1) is 22.7 Å². The van der Waals surface area contributed by atoms with Gasteiger partial charge >= 0.3 is 0 Å². The molecule has 10 aromatic rings. The fraction of sp³-hybridized carbons (Fsp3) is 0.319. The van der Waals surface area contributed by atoms with Gasteiger partial charge in [-0.05, 0) is 230 Å². The van der Waals surface area contributed by atoms with Crippen molar-refractivity contribution in [2.45, 2.75) is 99.6 Å². The number of fused-ring (bicyclic) bond motifs is 12. The number of hydrogen-bond acceptors (Lipinski definition) is 14. The molecule has 0 saturated carbocycles. The van der Waals surface area contributed by atoms with Crippen molar-refractivity contribution in [1.29, 1.82) is 0 Å². The highest BCUT2D eigenvalue weighted by Crippen LogP contribution is 2.61. The molecule has 4 amide bonds. The predicted molar refractivity (Wildman–Crippen MR) is 442 cm³/mol. The minimum absolute atomic E-state index is 0.104. The Morgan fingerprint density at radius 1 is 0.413 bits per heavy atom. The van der Waals surface area contributed by atoms with E-state index in [9.17, 15) is 19.2 Å². The summed E-state index contributed by atoms with van der Waals surface area (Å²) < 4.78 is 26.0. The molecule has 2 aromatic heterocycles. The number of carbonyl (C=O) groups is 4. The zero-order valence-electron chi connectivity index (χ0n) is 64.1. The van der Waals surface area contributed by atoms with Crippen molar-refractivity contribution in [2.75, 3.05) is 111 Å². The van der Waals surface area contributed by atoms with E-state index in [1.165, 1.54) is 41.8 Å². The summed E-state index contributed by atoms with van der Waals surface area (Å²) >= 11 is 3.58. The molecule has 0 atom stereocenters. The van der Waals surface area contributed by atoms with E-state index in [0.29, 0.717) is 45.6 Å². The quantitative estimate of drug-likeness (QED) is 0.0481. The molecule has 560 valence electrons. The van der Waals surface area contributed by atoms with Crippen molar-refractivity contribution < 1.29 is 38.1 Å². The van der Waals surface area contributed by atoms with E-state index in [4.69, 9.17) is 18.9 Å². The minimum Gasteiger partial charge on any atom is -0.484 e. The summed E-state index contributed by atoms with van der Waals surface area (Å²) in [6.07, 6.45) is 3.09. The third-order valence-corrected chi connectivity index (χ3v) is 25.0. The molecule has 0 unspecified atom stereocenters. The summed E-state index contributed by atoms with van der Waals surface area (Å²) in [5.41, 5.74) is 16.3. The maximum atomic E-state index is 14.9. The third-order valence-electron chi connectivity index (χ3n) is 22.8. The second-order valence-corrected chi connectivity index (χ2v) is 30.9. The molecule has 1 aliphatic carbocycles. The molecule has 109 heavy (non-hydrogen) atoms. The lowest BCUT2D eigenvalue weighted by Crippen LogP contribution is -2.50. The number of hydrogen-bond donors (Lipinski definition) is 2. The van der Waals surface area contributed by atoms with Gasteiger partial charge in [-0.25, -0.2) is 0 Å². The lowest BCUT2D eigenvalue weighted by molar-refractivity contribution is -0.123. The molecule has 2 N–H and O–H groups in total. The number of nitrogens with one attached hydrogen (secondary N) is 2. The Balaban J connectivity index is 0.576. The Hall–Kier alpha value is -10.8. The fourth-order valence-electron chi connectivity index (χ4n) is 17.4. The molecule has 5 aliphatic rings. The van der Waals surface area contributed by atoms with Crippen molar-refractivity contribution in [2.24, 2.45) is 0 Å². The standard InChI is InChI=1S/C91H96N8O8S2/c1-11-94(12-2)62-34-42-76-80(50-62)106-81-51-63(95(13-3)14-4)35-43-77(81)90(76)74-28-21-19-24-70(74)88(102)98(90)48-46-92-86(100)56-104-66-38-30-60(31-39-66)84-54-72(58(9)108-84)68-26-23-27-69(68)73-55-85(109-59(73)10)61-32-40-67(41-33-61)105-57-87(101)93-47-49-99-89(103)71-25-20-22-29-75(71)91(99)78-44-36-64(96(15-5)16-6)52-82(78)107-83-53-65(37-45-79(83)91)97(17-7)18-8/h19-22,24-25,28-45,50-55H,11-18,23,26-27,46-49,56-57H2,1-10H3,(H,92,100)(H,93,101). The van der Waals surface area contributed by atoms with Crippen molar-refractivity contribution in [3.63, 3.8) is 0 Å². The highest BCUT2D eigenvalue weighted by molar-refractivity contribution is 7.16. The van der Waals surface area contributed by atoms with Crippen molar-refractivity contribution in [1.82, 2.24) is 20.4 Å². The number of nitrogens with zero attached hydrogens (tertiary/aromatic N) is 6. The maximum absolute atomic E-state index is 14.9. The average molecular weight is 1490 g/mol.